The lowest BCUT2D eigenvalue weighted by Gasteiger charge is -2.36. The van der Waals surface area contributed by atoms with E-state index in [1.807, 2.05) is 24.3 Å². The van der Waals surface area contributed by atoms with E-state index in [4.69, 9.17) is 4.43 Å². The highest BCUT2D eigenvalue weighted by Gasteiger charge is 2.36. The van der Waals surface area contributed by atoms with Crippen LogP contribution in [0, 0.1) is 0 Å². The van der Waals surface area contributed by atoms with Gasteiger partial charge in [-0.15, -0.1) is 0 Å². The van der Waals surface area contributed by atoms with Crippen LogP contribution < -0.4 is 5.69 Å². The molecular formula is C16H26N2O2Si. The minimum Gasteiger partial charge on any atom is -0.417 e. The molecule has 1 aromatic heterocycles. The van der Waals surface area contributed by atoms with Crippen molar-refractivity contribution in [3.05, 3.63) is 34.7 Å². The number of aromatic amines is 1. The van der Waals surface area contributed by atoms with Crippen molar-refractivity contribution in [1.82, 2.24) is 9.55 Å². The molecule has 0 saturated carbocycles. The number of nitrogens with zero attached hydrogens (tertiary/aromatic N) is 1. The fraction of sp³-hybridized carbons (Fsp3) is 0.562. The second-order valence-corrected chi connectivity index (χ2v) is 11.9. The summed E-state index contributed by atoms with van der Waals surface area (Å²) in [6.45, 7) is 12.6. The highest BCUT2D eigenvalue weighted by Crippen LogP contribution is 2.36. The standard InChI is InChI=1S/C16H26N2O2Si/c1-16(2,3)21(4,5)20-12-8-11-18-14-10-7-6-9-13(14)17-15(18)19/h6-7,9-10H,8,11-12H2,1-5H3,(H,17,19). The maximum Gasteiger partial charge on any atom is 0.326 e. The van der Waals surface area contributed by atoms with Crippen molar-refractivity contribution in [2.75, 3.05) is 6.61 Å². The zero-order valence-corrected chi connectivity index (χ0v) is 14.7. The van der Waals surface area contributed by atoms with Gasteiger partial charge in [-0.25, -0.2) is 4.79 Å². The molecule has 1 heterocycles. The summed E-state index contributed by atoms with van der Waals surface area (Å²) < 4.78 is 7.95. The summed E-state index contributed by atoms with van der Waals surface area (Å²) in [5, 5.41) is 0.227. The van der Waals surface area contributed by atoms with Gasteiger partial charge in [0.05, 0.1) is 11.0 Å². The van der Waals surface area contributed by atoms with Crippen molar-refractivity contribution >= 4 is 19.4 Å². The first kappa shape index (κ1) is 16.0. The van der Waals surface area contributed by atoms with E-state index in [9.17, 15) is 4.79 Å². The van der Waals surface area contributed by atoms with Gasteiger partial charge in [-0.3, -0.25) is 4.57 Å². The van der Waals surface area contributed by atoms with Crippen LogP contribution in [0.25, 0.3) is 11.0 Å². The molecule has 0 fully saturated rings. The Kier molecular flexibility index (Phi) is 4.44. The average Bonchev–Trinajstić information content (AvgIpc) is 2.69. The molecule has 0 amide bonds. The van der Waals surface area contributed by atoms with Crippen molar-refractivity contribution in [3.8, 4) is 0 Å². The van der Waals surface area contributed by atoms with Gasteiger partial charge in [-0.2, -0.15) is 0 Å². The molecule has 0 aliphatic carbocycles. The maximum atomic E-state index is 12.0. The van der Waals surface area contributed by atoms with Crippen molar-refractivity contribution in [2.24, 2.45) is 0 Å². The van der Waals surface area contributed by atoms with Crippen LogP contribution in [0.15, 0.2) is 29.1 Å². The summed E-state index contributed by atoms with van der Waals surface area (Å²) in [6, 6.07) is 7.79. The minimum absolute atomic E-state index is 0.0384. The Hall–Kier alpha value is -1.33. The molecule has 0 aliphatic heterocycles. The number of benzene rings is 1. The lowest BCUT2D eigenvalue weighted by molar-refractivity contribution is 0.275. The van der Waals surface area contributed by atoms with Crippen LogP contribution in [-0.4, -0.2) is 24.5 Å². The minimum atomic E-state index is -1.69. The van der Waals surface area contributed by atoms with E-state index in [0.717, 1.165) is 17.5 Å². The topological polar surface area (TPSA) is 47.0 Å². The smallest absolute Gasteiger partial charge is 0.326 e. The van der Waals surface area contributed by atoms with E-state index in [1.54, 1.807) is 4.57 Å². The van der Waals surface area contributed by atoms with Gasteiger partial charge in [-0.1, -0.05) is 32.9 Å². The highest BCUT2D eigenvalue weighted by molar-refractivity contribution is 6.74. The van der Waals surface area contributed by atoms with E-state index < -0.39 is 8.32 Å². The Morgan fingerprint density at radius 3 is 2.57 bits per heavy atom. The van der Waals surface area contributed by atoms with Gasteiger partial charge in [0, 0.05) is 13.2 Å². The van der Waals surface area contributed by atoms with Gasteiger partial charge in [0.2, 0.25) is 0 Å². The number of para-hydroxylation sites is 2. The van der Waals surface area contributed by atoms with Gasteiger partial charge in [0.25, 0.3) is 0 Å². The quantitative estimate of drug-likeness (QED) is 0.675. The third-order valence-corrected chi connectivity index (χ3v) is 9.01. The number of aromatic nitrogens is 2. The molecule has 0 atom stereocenters. The molecule has 0 aliphatic rings. The predicted molar refractivity (Wildman–Crippen MR) is 90.3 cm³/mol. The lowest BCUT2D eigenvalue weighted by atomic mass is 10.2. The van der Waals surface area contributed by atoms with E-state index in [1.165, 1.54) is 0 Å². The molecule has 4 nitrogen and oxygen atoms in total. The van der Waals surface area contributed by atoms with Crippen molar-refractivity contribution in [3.63, 3.8) is 0 Å². The summed E-state index contributed by atoms with van der Waals surface area (Å²) in [4.78, 5) is 14.8. The van der Waals surface area contributed by atoms with Crippen LogP contribution in [0.1, 0.15) is 27.2 Å². The van der Waals surface area contributed by atoms with E-state index >= 15 is 0 Å². The average molecular weight is 306 g/mol. The van der Waals surface area contributed by atoms with Crippen LogP contribution >= 0.6 is 0 Å². The largest absolute Gasteiger partial charge is 0.417 e. The van der Waals surface area contributed by atoms with Crippen molar-refractivity contribution in [2.45, 2.75) is 51.9 Å². The first-order valence-corrected chi connectivity index (χ1v) is 10.4. The Bertz CT molecular complexity index is 665. The molecule has 0 unspecified atom stereocenters. The van der Waals surface area contributed by atoms with Crippen molar-refractivity contribution < 1.29 is 4.43 Å². The number of fused-ring (bicyclic) bond motifs is 1. The zero-order valence-electron chi connectivity index (χ0n) is 13.7. The Labute approximate surface area is 127 Å². The number of rotatable bonds is 5. The second kappa shape index (κ2) is 5.81. The summed E-state index contributed by atoms with van der Waals surface area (Å²) in [7, 11) is -1.69. The molecule has 5 heteroatoms. The zero-order chi connectivity index (χ0) is 15.7. The number of aryl methyl sites for hydroxylation is 1. The number of hydrogen-bond donors (Lipinski definition) is 1. The molecule has 0 saturated heterocycles. The highest BCUT2D eigenvalue weighted by atomic mass is 28.4. The molecule has 2 rings (SSSR count). The van der Waals surface area contributed by atoms with Gasteiger partial charge >= 0.3 is 5.69 Å². The Morgan fingerprint density at radius 1 is 1.24 bits per heavy atom. The molecule has 0 radical (unpaired) electrons. The summed E-state index contributed by atoms with van der Waals surface area (Å²) in [6.07, 6.45) is 0.855. The SMILES string of the molecule is CC(C)(C)[Si](C)(C)OCCCn1c(=O)[nH]c2ccccc21. The van der Waals surface area contributed by atoms with Crippen LogP contribution in [0.4, 0.5) is 0 Å². The molecule has 1 aromatic carbocycles. The van der Waals surface area contributed by atoms with E-state index in [2.05, 4.69) is 38.8 Å². The van der Waals surface area contributed by atoms with Crippen LogP contribution in [0.5, 0.6) is 0 Å². The fourth-order valence-electron chi connectivity index (χ4n) is 2.10. The Balaban J connectivity index is 1.98. The Morgan fingerprint density at radius 2 is 1.90 bits per heavy atom. The van der Waals surface area contributed by atoms with Crippen LogP contribution in [0.3, 0.4) is 0 Å². The van der Waals surface area contributed by atoms with Gasteiger partial charge in [0.1, 0.15) is 0 Å². The first-order chi connectivity index (χ1) is 9.72. The molecule has 1 N–H and O–H groups in total. The molecule has 2 aromatic rings. The molecular weight excluding hydrogens is 280 g/mol. The van der Waals surface area contributed by atoms with E-state index in [-0.39, 0.29) is 10.7 Å². The molecule has 21 heavy (non-hydrogen) atoms. The first-order valence-electron chi connectivity index (χ1n) is 7.54. The second-order valence-electron chi connectivity index (χ2n) is 7.06. The van der Waals surface area contributed by atoms with Gasteiger partial charge in [-0.05, 0) is 36.7 Å². The number of H-pyrrole nitrogens is 1. The monoisotopic (exact) mass is 306 g/mol. The molecule has 0 spiro atoms. The predicted octanol–water partition coefficient (Wildman–Crippen LogP) is 3.74. The number of nitrogens with one attached hydrogen (secondary N) is 1. The third-order valence-electron chi connectivity index (χ3n) is 4.48. The number of imidazole rings is 1. The summed E-state index contributed by atoms with van der Waals surface area (Å²) in [5.41, 5.74) is 1.83. The maximum absolute atomic E-state index is 12.0. The fourth-order valence-corrected chi connectivity index (χ4v) is 3.18. The summed E-state index contributed by atoms with van der Waals surface area (Å²) in [5.74, 6) is 0. The van der Waals surface area contributed by atoms with Gasteiger partial charge in [0.15, 0.2) is 8.32 Å². The summed E-state index contributed by atoms with van der Waals surface area (Å²) >= 11 is 0. The van der Waals surface area contributed by atoms with Gasteiger partial charge < -0.3 is 9.41 Å². The van der Waals surface area contributed by atoms with Crippen molar-refractivity contribution in [1.29, 1.82) is 0 Å². The van der Waals surface area contributed by atoms with Crippen LogP contribution in [0.2, 0.25) is 18.1 Å². The molecule has 116 valence electrons. The number of hydrogen-bond acceptors (Lipinski definition) is 2. The normalized spacial score (nSPS) is 13.0. The van der Waals surface area contributed by atoms with E-state index in [0.29, 0.717) is 13.2 Å². The third kappa shape index (κ3) is 3.47. The van der Waals surface area contributed by atoms with Crippen LogP contribution in [-0.2, 0) is 11.0 Å². The molecule has 0 bridgehead atoms. The lowest BCUT2D eigenvalue weighted by Crippen LogP contribution is -2.41.